The topological polar surface area (TPSA) is 52.6 Å². The molecule has 0 heterocycles. The van der Waals surface area contributed by atoms with Crippen LogP contribution in [-0.2, 0) is 4.79 Å². The molecular weight excluding hydrogens is 280 g/mol. The lowest BCUT2D eigenvalue weighted by atomic mass is 10.1. The van der Waals surface area contributed by atoms with Crippen LogP contribution in [0.25, 0.3) is 10.8 Å². The molecule has 0 N–H and O–H groups in total. The minimum atomic E-state index is -0.575. The van der Waals surface area contributed by atoms with E-state index in [1.54, 1.807) is 42.5 Å². The summed E-state index contributed by atoms with van der Waals surface area (Å²) in [7, 11) is 0. The number of carbonyl (C=O) groups excluding carboxylic acids is 2. The van der Waals surface area contributed by atoms with Gasteiger partial charge in [0, 0.05) is 5.39 Å². The molecule has 0 amide bonds. The monoisotopic (exact) mass is 292 g/mol. The average molecular weight is 292 g/mol. The highest BCUT2D eigenvalue weighted by Gasteiger charge is 2.17. The molecule has 0 aromatic heterocycles. The summed E-state index contributed by atoms with van der Waals surface area (Å²) in [6.07, 6.45) is 0. The van der Waals surface area contributed by atoms with Crippen molar-refractivity contribution < 1.29 is 19.1 Å². The number of carbonyl (C=O) groups is 2. The number of hydrogen-bond acceptors (Lipinski definition) is 4. The van der Waals surface area contributed by atoms with Gasteiger partial charge in [0.05, 0.1) is 0 Å². The van der Waals surface area contributed by atoms with Crippen molar-refractivity contribution in [2.75, 3.05) is 0 Å². The predicted molar refractivity (Wildman–Crippen MR) is 82.0 cm³/mol. The number of benzene rings is 3. The van der Waals surface area contributed by atoms with Crippen molar-refractivity contribution in [3.05, 3.63) is 72.3 Å². The van der Waals surface area contributed by atoms with Crippen LogP contribution < -0.4 is 9.47 Å². The predicted octanol–water partition coefficient (Wildman–Crippen LogP) is 3.59. The Bertz CT molecular complexity index is 825. The van der Waals surface area contributed by atoms with Crippen LogP contribution in [0.1, 0.15) is 10.4 Å². The number of hydrogen-bond donors (Lipinski definition) is 0. The summed E-state index contributed by atoms with van der Waals surface area (Å²) < 4.78 is 10.3. The molecule has 4 nitrogen and oxygen atoms in total. The van der Waals surface area contributed by atoms with Crippen LogP contribution >= 0.6 is 0 Å². The molecule has 4 heteroatoms. The number of para-hydroxylation sites is 1. The van der Waals surface area contributed by atoms with E-state index in [0.29, 0.717) is 17.6 Å². The third-order valence-corrected chi connectivity index (χ3v) is 3.22. The second-order valence-corrected chi connectivity index (χ2v) is 4.58. The molecule has 108 valence electrons. The molecule has 3 rings (SSSR count). The number of fused-ring (bicyclic) bond motifs is 1. The van der Waals surface area contributed by atoms with Crippen molar-refractivity contribution in [2.24, 2.45) is 0 Å². The maximum absolute atomic E-state index is 12.3. The first-order chi connectivity index (χ1) is 10.8. The summed E-state index contributed by atoms with van der Waals surface area (Å²) in [5.74, 6) is 0.0561. The molecule has 0 saturated carbocycles. The van der Waals surface area contributed by atoms with E-state index < -0.39 is 5.97 Å². The Morgan fingerprint density at radius 2 is 1.59 bits per heavy atom. The van der Waals surface area contributed by atoms with Gasteiger partial charge in [-0.1, -0.05) is 48.5 Å². The highest BCUT2D eigenvalue weighted by atomic mass is 16.5. The van der Waals surface area contributed by atoms with Gasteiger partial charge in [0.2, 0.25) is 0 Å². The minimum Gasteiger partial charge on any atom is -0.427 e. The molecule has 0 atom stereocenters. The Morgan fingerprint density at radius 3 is 2.36 bits per heavy atom. The zero-order chi connectivity index (χ0) is 15.4. The van der Waals surface area contributed by atoms with E-state index in [-0.39, 0.29) is 11.3 Å². The highest BCUT2D eigenvalue weighted by molar-refractivity contribution is 6.02. The number of rotatable bonds is 4. The number of esters is 1. The average Bonchev–Trinajstić information content (AvgIpc) is 2.56. The van der Waals surface area contributed by atoms with E-state index in [1.807, 2.05) is 24.3 Å². The van der Waals surface area contributed by atoms with E-state index in [0.717, 1.165) is 5.39 Å². The molecule has 0 bridgehead atoms. The first kappa shape index (κ1) is 13.8. The van der Waals surface area contributed by atoms with Crippen molar-refractivity contribution in [1.82, 2.24) is 0 Å². The minimum absolute atomic E-state index is 0.203. The molecular formula is C18H12O4. The van der Waals surface area contributed by atoms with E-state index in [1.165, 1.54) is 0 Å². The summed E-state index contributed by atoms with van der Waals surface area (Å²) in [4.78, 5) is 23.1. The second-order valence-electron chi connectivity index (χ2n) is 4.58. The SMILES string of the molecule is O=COc1c(C(=O)Oc2ccccc2)ccc2ccccc12. The summed E-state index contributed by atoms with van der Waals surface area (Å²) in [5.41, 5.74) is 0.203. The first-order valence-electron chi connectivity index (χ1n) is 6.69. The normalized spacial score (nSPS) is 10.2. The summed E-state index contributed by atoms with van der Waals surface area (Å²) in [5, 5.41) is 1.55. The lowest BCUT2D eigenvalue weighted by molar-refractivity contribution is -0.120. The van der Waals surface area contributed by atoms with E-state index >= 15 is 0 Å². The van der Waals surface area contributed by atoms with Gasteiger partial charge in [-0.05, 0) is 23.6 Å². The van der Waals surface area contributed by atoms with Crippen LogP contribution in [0.5, 0.6) is 11.5 Å². The fourth-order valence-corrected chi connectivity index (χ4v) is 2.23. The van der Waals surface area contributed by atoms with Gasteiger partial charge in [-0.15, -0.1) is 0 Å². The Hall–Kier alpha value is -3.14. The molecule has 0 radical (unpaired) electrons. The molecule has 0 fully saturated rings. The third kappa shape index (κ3) is 2.67. The Morgan fingerprint density at radius 1 is 0.864 bits per heavy atom. The van der Waals surface area contributed by atoms with Crippen LogP contribution in [0.4, 0.5) is 0 Å². The standard InChI is InChI=1S/C18H12O4/c19-12-21-17-15-9-5-4-6-13(15)10-11-16(17)18(20)22-14-7-2-1-3-8-14/h1-12H. The van der Waals surface area contributed by atoms with Crippen molar-refractivity contribution in [3.63, 3.8) is 0 Å². The van der Waals surface area contributed by atoms with E-state index in [9.17, 15) is 9.59 Å². The molecule has 22 heavy (non-hydrogen) atoms. The first-order valence-corrected chi connectivity index (χ1v) is 6.69. The molecule has 0 aliphatic rings. The third-order valence-electron chi connectivity index (χ3n) is 3.22. The summed E-state index contributed by atoms with van der Waals surface area (Å²) >= 11 is 0. The van der Waals surface area contributed by atoms with Crippen molar-refractivity contribution in [3.8, 4) is 11.5 Å². The van der Waals surface area contributed by atoms with E-state index in [2.05, 4.69) is 0 Å². The largest absolute Gasteiger partial charge is 0.427 e. The van der Waals surface area contributed by atoms with Crippen molar-refractivity contribution in [1.29, 1.82) is 0 Å². The zero-order valence-electron chi connectivity index (χ0n) is 11.6. The van der Waals surface area contributed by atoms with Gasteiger partial charge >= 0.3 is 5.97 Å². The van der Waals surface area contributed by atoms with E-state index in [4.69, 9.17) is 9.47 Å². The summed E-state index contributed by atoms with van der Waals surface area (Å²) in [6, 6.07) is 19.4. The van der Waals surface area contributed by atoms with Crippen molar-refractivity contribution in [2.45, 2.75) is 0 Å². The zero-order valence-corrected chi connectivity index (χ0v) is 11.6. The lowest BCUT2D eigenvalue weighted by Crippen LogP contribution is -2.10. The summed E-state index contributed by atoms with van der Waals surface area (Å²) in [6.45, 7) is 0.307. The van der Waals surface area contributed by atoms with Crippen molar-refractivity contribution >= 4 is 23.2 Å². The van der Waals surface area contributed by atoms with Gasteiger partial charge in [-0.2, -0.15) is 0 Å². The van der Waals surface area contributed by atoms with Gasteiger partial charge in [0.1, 0.15) is 11.3 Å². The molecule has 3 aromatic carbocycles. The quantitative estimate of drug-likeness (QED) is 0.419. The molecule has 0 saturated heterocycles. The van der Waals surface area contributed by atoms with Crippen LogP contribution in [0, 0.1) is 0 Å². The highest BCUT2D eigenvalue weighted by Crippen LogP contribution is 2.30. The molecule has 0 aliphatic carbocycles. The van der Waals surface area contributed by atoms with Gasteiger partial charge in [-0.25, -0.2) is 4.79 Å². The fraction of sp³-hybridized carbons (Fsp3) is 0. The fourth-order valence-electron chi connectivity index (χ4n) is 2.23. The maximum atomic E-state index is 12.3. The van der Waals surface area contributed by atoms with Gasteiger partial charge in [-0.3, -0.25) is 4.79 Å². The second kappa shape index (κ2) is 6.10. The van der Waals surface area contributed by atoms with Crippen LogP contribution in [0.3, 0.4) is 0 Å². The van der Waals surface area contributed by atoms with Crippen LogP contribution in [0.15, 0.2) is 66.7 Å². The van der Waals surface area contributed by atoms with Gasteiger partial charge in [0.15, 0.2) is 5.75 Å². The Balaban J connectivity index is 2.04. The molecule has 0 spiro atoms. The maximum Gasteiger partial charge on any atom is 0.347 e. The number of ether oxygens (including phenoxy) is 2. The molecule has 0 aliphatic heterocycles. The smallest absolute Gasteiger partial charge is 0.347 e. The lowest BCUT2D eigenvalue weighted by Gasteiger charge is -2.10. The molecule has 0 unspecified atom stereocenters. The molecule has 3 aromatic rings. The Labute approximate surface area is 126 Å². The Kier molecular flexibility index (Phi) is 3.83. The van der Waals surface area contributed by atoms with Crippen LogP contribution in [-0.4, -0.2) is 12.4 Å². The van der Waals surface area contributed by atoms with Gasteiger partial charge in [0.25, 0.3) is 6.47 Å². The van der Waals surface area contributed by atoms with Crippen LogP contribution in [0.2, 0.25) is 0 Å². The van der Waals surface area contributed by atoms with Gasteiger partial charge < -0.3 is 9.47 Å².